The molecule has 11 heteroatoms. The lowest BCUT2D eigenvalue weighted by molar-refractivity contribution is 0.138. The molecular weight excluding hydrogens is 562 g/mol. The molecule has 3 aliphatic rings. The van der Waals surface area contributed by atoms with Crippen LogP contribution in [0.4, 0.5) is 5.00 Å². The van der Waals surface area contributed by atoms with E-state index in [4.69, 9.17) is 29.7 Å². The van der Waals surface area contributed by atoms with Crippen molar-refractivity contribution >= 4 is 16.3 Å². The molecule has 1 spiro atoms. The Hall–Kier alpha value is -4.27. The predicted octanol–water partition coefficient (Wildman–Crippen LogP) is 5.82. The summed E-state index contributed by atoms with van der Waals surface area (Å²) in [5.41, 5.74) is 9.38. The molecular formula is C32H33N7O3S. The van der Waals surface area contributed by atoms with E-state index in [1.807, 2.05) is 12.1 Å². The Labute approximate surface area is 254 Å². The van der Waals surface area contributed by atoms with Crippen molar-refractivity contribution in [3.05, 3.63) is 70.5 Å². The van der Waals surface area contributed by atoms with Crippen molar-refractivity contribution in [2.75, 3.05) is 19.3 Å². The average Bonchev–Trinajstić information content (AvgIpc) is 3.73. The number of hydrogen-bond acceptors (Lipinski definition) is 11. The molecule has 4 aromatic heterocycles. The number of ether oxygens (including phenoxy) is 2. The fourth-order valence-corrected chi connectivity index (χ4v) is 8.31. The maximum atomic E-state index is 10.0. The maximum Gasteiger partial charge on any atom is 0.226 e. The van der Waals surface area contributed by atoms with Crippen molar-refractivity contribution in [3.63, 3.8) is 0 Å². The van der Waals surface area contributed by atoms with Gasteiger partial charge in [0.05, 0.1) is 29.6 Å². The predicted molar refractivity (Wildman–Crippen MR) is 162 cm³/mol. The zero-order valence-electron chi connectivity index (χ0n) is 24.1. The minimum Gasteiger partial charge on any atom is -0.468 e. The second kappa shape index (κ2) is 11.1. The number of nitrogen functional groups attached to an aromatic ring is 1. The smallest absolute Gasteiger partial charge is 0.226 e. The van der Waals surface area contributed by atoms with Gasteiger partial charge in [0.25, 0.3) is 0 Å². The first kappa shape index (κ1) is 27.6. The Bertz CT molecular complexity index is 1710. The van der Waals surface area contributed by atoms with E-state index in [0.29, 0.717) is 39.7 Å². The molecule has 5 heterocycles. The second-order valence-electron chi connectivity index (χ2n) is 11.5. The molecule has 220 valence electrons. The molecule has 10 nitrogen and oxygen atoms in total. The highest BCUT2D eigenvalue weighted by Gasteiger charge is 2.48. The number of nitrogens with two attached hydrogens (primary N) is 1. The first-order valence-electron chi connectivity index (χ1n) is 14.8. The maximum absolute atomic E-state index is 10.0. The van der Waals surface area contributed by atoms with Crippen LogP contribution in [0.15, 0.2) is 47.8 Å². The number of aromatic nitrogens is 4. The lowest BCUT2D eigenvalue weighted by Crippen LogP contribution is -2.38. The fraction of sp³-hybridized carbons (Fsp3) is 0.406. The molecule has 43 heavy (non-hydrogen) atoms. The van der Waals surface area contributed by atoms with E-state index in [9.17, 15) is 5.26 Å². The van der Waals surface area contributed by atoms with Crippen LogP contribution in [0.25, 0.3) is 11.6 Å². The van der Waals surface area contributed by atoms with Gasteiger partial charge in [0, 0.05) is 22.1 Å². The standard InChI is InChI=1S/C32H33N7O3S/c1-3-23(22-10-7-15-39(22)2)41-26-16-25(40-19-8-6-14-35-18-19)36-31(37-26)28-20-9-4-12-32(29(20)38-42-28)13-5-11-24-27(32)21(17-33)30(34)43-24/h3,6,8,14,16,18,22-23H,1,4-5,7,9-13,15,34H2,2H3/t22-,23-,32-/m0/s1. The van der Waals surface area contributed by atoms with Gasteiger partial charge in [-0.2, -0.15) is 15.2 Å². The van der Waals surface area contributed by atoms with Crippen LogP contribution in [0.2, 0.25) is 0 Å². The van der Waals surface area contributed by atoms with Gasteiger partial charge in [-0.05, 0) is 88.7 Å². The van der Waals surface area contributed by atoms with E-state index in [1.54, 1.807) is 24.5 Å². The van der Waals surface area contributed by atoms with Gasteiger partial charge in [0.2, 0.25) is 23.3 Å². The molecule has 4 aromatic rings. The topological polar surface area (TPSA) is 136 Å². The van der Waals surface area contributed by atoms with Gasteiger partial charge in [-0.3, -0.25) is 9.88 Å². The normalized spacial score (nSPS) is 22.0. The average molecular weight is 596 g/mol. The summed E-state index contributed by atoms with van der Waals surface area (Å²) in [6.07, 6.45) is 12.4. The molecule has 0 radical (unpaired) electrons. The van der Waals surface area contributed by atoms with Crippen molar-refractivity contribution in [2.45, 2.75) is 68.9 Å². The minimum absolute atomic E-state index is 0.198. The molecule has 0 aromatic carbocycles. The highest BCUT2D eigenvalue weighted by atomic mass is 32.1. The van der Waals surface area contributed by atoms with Crippen LogP contribution in [0.1, 0.15) is 65.8 Å². The van der Waals surface area contributed by atoms with E-state index in [2.05, 4.69) is 34.7 Å². The Morgan fingerprint density at radius 1 is 1.26 bits per heavy atom. The van der Waals surface area contributed by atoms with Gasteiger partial charge in [-0.1, -0.05) is 11.7 Å². The van der Waals surface area contributed by atoms with Crippen molar-refractivity contribution in [3.8, 4) is 35.2 Å². The fourth-order valence-electron chi connectivity index (χ4n) is 7.15. The number of nitriles is 1. The Kier molecular flexibility index (Phi) is 7.11. The number of thiophene rings is 1. The third-order valence-electron chi connectivity index (χ3n) is 9.06. The summed E-state index contributed by atoms with van der Waals surface area (Å²) in [5.74, 6) is 2.05. The van der Waals surface area contributed by atoms with Crippen LogP contribution in [0.5, 0.6) is 17.5 Å². The van der Waals surface area contributed by atoms with E-state index in [-0.39, 0.29) is 12.1 Å². The largest absolute Gasteiger partial charge is 0.468 e. The van der Waals surface area contributed by atoms with Crippen molar-refractivity contribution < 1.29 is 14.0 Å². The zero-order valence-corrected chi connectivity index (χ0v) is 24.9. The zero-order chi connectivity index (χ0) is 29.6. The summed E-state index contributed by atoms with van der Waals surface area (Å²) in [6.45, 7) is 5.06. The highest BCUT2D eigenvalue weighted by Crippen LogP contribution is 2.54. The molecule has 1 aliphatic heterocycles. The van der Waals surface area contributed by atoms with Gasteiger partial charge >= 0.3 is 0 Å². The first-order valence-corrected chi connectivity index (χ1v) is 15.6. The van der Waals surface area contributed by atoms with Gasteiger partial charge < -0.3 is 19.7 Å². The lowest BCUT2D eigenvalue weighted by atomic mass is 9.62. The summed E-state index contributed by atoms with van der Waals surface area (Å²) in [5, 5.41) is 15.3. The number of nitrogens with zero attached hydrogens (tertiary/aromatic N) is 6. The highest BCUT2D eigenvalue weighted by molar-refractivity contribution is 7.16. The first-order chi connectivity index (χ1) is 21.0. The van der Waals surface area contributed by atoms with Gasteiger partial charge in [-0.25, -0.2) is 0 Å². The van der Waals surface area contributed by atoms with E-state index in [1.165, 1.54) is 16.2 Å². The van der Waals surface area contributed by atoms with Crippen LogP contribution < -0.4 is 15.2 Å². The third kappa shape index (κ3) is 4.75. The molecule has 2 aliphatic carbocycles. The number of aryl methyl sites for hydroxylation is 1. The summed E-state index contributed by atoms with van der Waals surface area (Å²) < 4.78 is 18.7. The van der Waals surface area contributed by atoms with Crippen LogP contribution in [-0.2, 0) is 18.3 Å². The quantitative estimate of drug-likeness (QED) is 0.260. The van der Waals surface area contributed by atoms with Gasteiger partial charge in [0.15, 0.2) is 0 Å². The van der Waals surface area contributed by atoms with Crippen molar-refractivity contribution in [1.29, 1.82) is 5.26 Å². The van der Waals surface area contributed by atoms with Crippen LogP contribution in [0.3, 0.4) is 0 Å². The van der Waals surface area contributed by atoms with Gasteiger partial charge in [0.1, 0.15) is 22.9 Å². The summed E-state index contributed by atoms with van der Waals surface area (Å²) in [7, 11) is 2.10. The Morgan fingerprint density at radius 3 is 2.84 bits per heavy atom. The van der Waals surface area contributed by atoms with Crippen LogP contribution in [-0.4, -0.2) is 50.7 Å². The minimum atomic E-state index is -0.410. The summed E-state index contributed by atoms with van der Waals surface area (Å²) in [4.78, 5) is 17.2. The summed E-state index contributed by atoms with van der Waals surface area (Å²) in [6, 6.07) is 7.89. The number of likely N-dealkylation sites (N-methyl/N-ethyl adjacent to an activating group) is 1. The number of rotatable bonds is 7. The molecule has 0 saturated carbocycles. The van der Waals surface area contributed by atoms with E-state index in [0.717, 1.165) is 74.7 Å². The molecule has 7 rings (SSSR count). The molecule has 1 fully saturated rings. The number of anilines is 1. The molecule has 3 atom stereocenters. The second-order valence-corrected chi connectivity index (χ2v) is 12.7. The SMILES string of the molecule is C=C[C@H](Oc1cc(Oc2cccnc2)nc(-c2onc3c2CCC[C@@]32CCCc3sc(N)c(C#N)c32)n1)[C@@H]1CCCN1C. The van der Waals surface area contributed by atoms with Crippen molar-refractivity contribution in [2.24, 2.45) is 0 Å². The monoisotopic (exact) mass is 595 g/mol. The van der Waals surface area contributed by atoms with E-state index < -0.39 is 5.41 Å². The Balaban J connectivity index is 1.32. The number of likely N-dealkylation sites (tertiary alicyclic amines) is 1. The lowest BCUT2D eigenvalue weighted by Gasteiger charge is -2.39. The van der Waals surface area contributed by atoms with Crippen molar-refractivity contribution in [1.82, 2.24) is 25.0 Å². The Morgan fingerprint density at radius 2 is 2.09 bits per heavy atom. The third-order valence-corrected chi connectivity index (χ3v) is 10.1. The molecule has 0 bridgehead atoms. The molecule has 0 amide bonds. The molecule has 0 unspecified atom stereocenters. The summed E-state index contributed by atoms with van der Waals surface area (Å²) >= 11 is 1.53. The van der Waals surface area contributed by atoms with E-state index >= 15 is 0 Å². The van der Waals surface area contributed by atoms with Gasteiger partial charge in [-0.15, -0.1) is 11.3 Å². The number of fused-ring (bicyclic) bond motifs is 4. The van der Waals surface area contributed by atoms with Crippen LogP contribution in [0, 0.1) is 11.3 Å². The molecule has 1 saturated heterocycles. The number of pyridine rings is 1. The van der Waals surface area contributed by atoms with Crippen LogP contribution >= 0.6 is 11.3 Å². The number of hydrogen-bond donors (Lipinski definition) is 1. The molecule has 2 N–H and O–H groups in total.